The van der Waals surface area contributed by atoms with Crippen LogP contribution in [-0.2, 0) is 4.79 Å². The number of hydrogen-bond donors (Lipinski definition) is 2. The normalized spacial score (nSPS) is 13.4. The summed E-state index contributed by atoms with van der Waals surface area (Å²) in [7, 11) is 0. The summed E-state index contributed by atoms with van der Waals surface area (Å²) in [4.78, 5) is 12.1. The molecule has 1 aromatic heterocycles. The van der Waals surface area contributed by atoms with Crippen molar-refractivity contribution < 1.29 is 9.90 Å². The topological polar surface area (TPSA) is 67.2 Å². The molecule has 5 heteroatoms. The molecular weight excluding hydrogens is 242 g/mol. The third-order valence-corrected chi connectivity index (χ3v) is 3.70. The van der Waals surface area contributed by atoms with Crippen LogP contribution in [0.4, 0.5) is 0 Å². The van der Waals surface area contributed by atoms with Crippen molar-refractivity contribution in [1.29, 1.82) is 0 Å². The number of rotatable bonds is 6. The van der Waals surface area contributed by atoms with Crippen molar-refractivity contribution in [2.45, 2.75) is 59.1 Å². The summed E-state index contributed by atoms with van der Waals surface area (Å²) < 4.78 is 1.71. The molecule has 0 radical (unpaired) electrons. The van der Waals surface area contributed by atoms with Gasteiger partial charge in [-0.1, -0.05) is 13.8 Å². The molecule has 1 atom stereocenters. The molecule has 0 bridgehead atoms. The van der Waals surface area contributed by atoms with Gasteiger partial charge in [0.2, 0.25) is 5.91 Å². The molecule has 0 saturated heterocycles. The highest BCUT2D eigenvalue weighted by atomic mass is 16.3. The van der Waals surface area contributed by atoms with Crippen LogP contribution >= 0.6 is 0 Å². The molecule has 0 fully saturated rings. The Morgan fingerprint density at radius 1 is 1.47 bits per heavy atom. The van der Waals surface area contributed by atoms with Gasteiger partial charge in [-0.05, 0) is 39.7 Å². The third-order valence-electron chi connectivity index (χ3n) is 3.70. The van der Waals surface area contributed by atoms with Crippen LogP contribution < -0.4 is 5.32 Å². The van der Waals surface area contributed by atoms with Crippen LogP contribution in [0.15, 0.2) is 6.07 Å². The molecule has 0 aromatic carbocycles. The van der Waals surface area contributed by atoms with E-state index >= 15 is 0 Å². The summed E-state index contributed by atoms with van der Waals surface area (Å²) in [5.74, 6) is -0.119. The van der Waals surface area contributed by atoms with Gasteiger partial charge >= 0.3 is 0 Å². The van der Waals surface area contributed by atoms with Gasteiger partial charge in [-0.2, -0.15) is 5.10 Å². The van der Waals surface area contributed by atoms with Gasteiger partial charge in [-0.15, -0.1) is 0 Å². The Balaban J connectivity index is 2.66. The average molecular weight is 267 g/mol. The predicted molar refractivity (Wildman–Crippen MR) is 75.0 cm³/mol. The van der Waals surface area contributed by atoms with E-state index in [1.54, 1.807) is 4.68 Å². The van der Waals surface area contributed by atoms with Crippen molar-refractivity contribution in [3.05, 3.63) is 17.5 Å². The molecule has 5 nitrogen and oxygen atoms in total. The Morgan fingerprint density at radius 3 is 2.47 bits per heavy atom. The standard InChI is InChI=1S/C14H25N3O2/c1-6-14(19,7-2)9-15-13(18)12(5)17-11(4)8-10(3)16-17/h8,12,19H,6-7,9H2,1-5H3,(H,15,18). The fourth-order valence-electron chi connectivity index (χ4n) is 2.05. The van der Waals surface area contributed by atoms with Gasteiger partial charge in [0.05, 0.1) is 11.3 Å². The Kier molecular flexibility index (Phi) is 5.11. The lowest BCUT2D eigenvalue weighted by molar-refractivity contribution is -0.125. The van der Waals surface area contributed by atoms with Gasteiger partial charge in [0.1, 0.15) is 6.04 Å². The Morgan fingerprint density at radius 2 is 2.05 bits per heavy atom. The molecule has 0 spiro atoms. The highest BCUT2D eigenvalue weighted by Crippen LogP contribution is 2.14. The molecule has 0 saturated carbocycles. The highest BCUT2D eigenvalue weighted by molar-refractivity contribution is 5.79. The summed E-state index contributed by atoms with van der Waals surface area (Å²) in [5, 5.41) is 17.3. The number of amides is 1. The number of nitrogens with zero attached hydrogens (tertiary/aromatic N) is 2. The Hall–Kier alpha value is -1.36. The average Bonchev–Trinajstić information content (AvgIpc) is 2.73. The van der Waals surface area contributed by atoms with Crippen molar-refractivity contribution in [1.82, 2.24) is 15.1 Å². The predicted octanol–water partition coefficient (Wildman–Crippen LogP) is 1.73. The van der Waals surface area contributed by atoms with Gasteiger partial charge in [-0.25, -0.2) is 0 Å². The van der Waals surface area contributed by atoms with Gasteiger partial charge in [0, 0.05) is 12.2 Å². The third kappa shape index (κ3) is 3.80. The molecule has 1 unspecified atom stereocenters. The monoisotopic (exact) mass is 267 g/mol. The number of nitrogens with one attached hydrogen (secondary N) is 1. The van der Waals surface area contributed by atoms with Crippen LogP contribution in [0.3, 0.4) is 0 Å². The fourth-order valence-corrected chi connectivity index (χ4v) is 2.05. The van der Waals surface area contributed by atoms with Crippen LogP contribution in [0, 0.1) is 13.8 Å². The van der Waals surface area contributed by atoms with Crippen molar-refractivity contribution >= 4 is 5.91 Å². The number of carbonyl (C=O) groups is 1. The smallest absolute Gasteiger partial charge is 0.244 e. The minimum atomic E-state index is -0.815. The van der Waals surface area contributed by atoms with E-state index in [1.807, 2.05) is 40.7 Å². The maximum absolute atomic E-state index is 12.1. The first-order valence-corrected chi connectivity index (χ1v) is 6.85. The molecule has 1 rings (SSSR count). The molecular formula is C14H25N3O2. The highest BCUT2D eigenvalue weighted by Gasteiger charge is 2.25. The molecule has 0 aliphatic carbocycles. The van der Waals surface area contributed by atoms with Crippen molar-refractivity contribution in [3.8, 4) is 0 Å². The first kappa shape index (κ1) is 15.7. The molecule has 108 valence electrons. The van der Waals surface area contributed by atoms with E-state index in [0.717, 1.165) is 11.4 Å². The maximum Gasteiger partial charge on any atom is 0.244 e. The van der Waals surface area contributed by atoms with E-state index in [2.05, 4.69) is 10.4 Å². The lowest BCUT2D eigenvalue weighted by atomic mass is 9.97. The number of aryl methyl sites for hydroxylation is 2. The van der Waals surface area contributed by atoms with Crippen molar-refractivity contribution in [2.24, 2.45) is 0 Å². The van der Waals surface area contributed by atoms with E-state index in [1.165, 1.54) is 0 Å². The van der Waals surface area contributed by atoms with Crippen LogP contribution in [0.5, 0.6) is 0 Å². The van der Waals surface area contributed by atoms with Gasteiger partial charge < -0.3 is 10.4 Å². The summed E-state index contributed by atoms with van der Waals surface area (Å²) >= 11 is 0. The number of carbonyl (C=O) groups excluding carboxylic acids is 1. The van der Waals surface area contributed by atoms with E-state index in [9.17, 15) is 9.90 Å². The second-order valence-corrected chi connectivity index (χ2v) is 5.20. The summed E-state index contributed by atoms with van der Waals surface area (Å²) in [6, 6.07) is 1.57. The Bertz CT molecular complexity index is 436. The van der Waals surface area contributed by atoms with E-state index in [0.29, 0.717) is 12.8 Å². The van der Waals surface area contributed by atoms with Gasteiger partial charge in [0.25, 0.3) is 0 Å². The molecule has 0 aliphatic rings. The van der Waals surface area contributed by atoms with E-state index < -0.39 is 5.60 Å². The second kappa shape index (κ2) is 6.19. The van der Waals surface area contributed by atoms with E-state index in [-0.39, 0.29) is 18.5 Å². The first-order chi connectivity index (χ1) is 8.83. The zero-order valence-electron chi connectivity index (χ0n) is 12.5. The van der Waals surface area contributed by atoms with Crippen LogP contribution in [-0.4, -0.2) is 32.9 Å². The maximum atomic E-state index is 12.1. The number of aliphatic hydroxyl groups is 1. The zero-order valence-corrected chi connectivity index (χ0v) is 12.5. The Labute approximate surface area is 115 Å². The number of aromatic nitrogens is 2. The van der Waals surface area contributed by atoms with Crippen LogP contribution in [0.25, 0.3) is 0 Å². The lowest BCUT2D eigenvalue weighted by Crippen LogP contribution is -2.44. The van der Waals surface area contributed by atoms with E-state index in [4.69, 9.17) is 0 Å². The zero-order chi connectivity index (χ0) is 14.6. The summed E-state index contributed by atoms with van der Waals surface area (Å²) in [6.07, 6.45) is 1.25. The molecule has 1 heterocycles. The fraction of sp³-hybridized carbons (Fsp3) is 0.714. The number of hydrogen-bond acceptors (Lipinski definition) is 3. The van der Waals surface area contributed by atoms with Gasteiger partial charge in [-0.3, -0.25) is 9.48 Å². The molecule has 1 amide bonds. The molecule has 1 aromatic rings. The summed E-state index contributed by atoms with van der Waals surface area (Å²) in [5.41, 5.74) is 1.04. The van der Waals surface area contributed by atoms with Gasteiger partial charge in [0.15, 0.2) is 0 Å². The van der Waals surface area contributed by atoms with Crippen molar-refractivity contribution in [3.63, 3.8) is 0 Å². The molecule has 2 N–H and O–H groups in total. The molecule has 19 heavy (non-hydrogen) atoms. The minimum absolute atomic E-state index is 0.119. The minimum Gasteiger partial charge on any atom is -0.388 e. The lowest BCUT2D eigenvalue weighted by Gasteiger charge is -2.26. The van der Waals surface area contributed by atoms with Crippen LogP contribution in [0.2, 0.25) is 0 Å². The summed E-state index contributed by atoms with van der Waals surface area (Å²) in [6.45, 7) is 9.76. The SMILES string of the molecule is CCC(O)(CC)CNC(=O)C(C)n1nc(C)cc1C. The quantitative estimate of drug-likeness (QED) is 0.825. The molecule has 0 aliphatic heterocycles. The van der Waals surface area contributed by atoms with Crippen LogP contribution in [0.1, 0.15) is 51.0 Å². The first-order valence-electron chi connectivity index (χ1n) is 6.85. The second-order valence-electron chi connectivity index (χ2n) is 5.20. The largest absolute Gasteiger partial charge is 0.388 e. The van der Waals surface area contributed by atoms with Crippen molar-refractivity contribution in [2.75, 3.05) is 6.54 Å².